The van der Waals surface area contributed by atoms with Crippen molar-refractivity contribution in [2.24, 2.45) is 0 Å². The summed E-state index contributed by atoms with van der Waals surface area (Å²) < 4.78 is 2.03. The number of benzene rings is 1. The third kappa shape index (κ3) is 3.20. The SMILES string of the molecule is Cc1ccc(NC(=O)c2cnc3c(c2)c(C)nn3C2CCNCC2)cc1. The highest BCUT2D eigenvalue weighted by Gasteiger charge is 2.21. The Labute approximate surface area is 152 Å². The van der Waals surface area contributed by atoms with Crippen molar-refractivity contribution < 1.29 is 4.79 Å². The number of anilines is 1. The van der Waals surface area contributed by atoms with E-state index in [4.69, 9.17) is 5.10 Å². The van der Waals surface area contributed by atoms with E-state index in [0.29, 0.717) is 11.6 Å². The Morgan fingerprint density at radius 1 is 1.19 bits per heavy atom. The van der Waals surface area contributed by atoms with Crippen LogP contribution in [0, 0.1) is 13.8 Å². The molecule has 1 aliphatic heterocycles. The predicted molar refractivity (Wildman–Crippen MR) is 103 cm³/mol. The van der Waals surface area contributed by atoms with Gasteiger partial charge in [-0.15, -0.1) is 0 Å². The molecule has 4 rings (SSSR count). The number of rotatable bonds is 3. The number of aromatic nitrogens is 3. The van der Waals surface area contributed by atoms with Crippen molar-refractivity contribution in [2.45, 2.75) is 32.7 Å². The number of carbonyl (C=O) groups is 1. The van der Waals surface area contributed by atoms with Gasteiger partial charge in [-0.05, 0) is 58.0 Å². The number of nitrogens with one attached hydrogen (secondary N) is 2. The number of piperidine rings is 1. The molecule has 0 aliphatic carbocycles. The average molecular weight is 349 g/mol. The van der Waals surface area contributed by atoms with Crippen LogP contribution in [0.3, 0.4) is 0 Å². The second-order valence-corrected chi connectivity index (χ2v) is 6.93. The van der Waals surface area contributed by atoms with Crippen LogP contribution in [0.1, 0.15) is 40.5 Å². The Morgan fingerprint density at radius 2 is 1.92 bits per heavy atom. The largest absolute Gasteiger partial charge is 0.322 e. The summed E-state index contributed by atoms with van der Waals surface area (Å²) in [7, 11) is 0. The monoisotopic (exact) mass is 349 g/mol. The molecule has 3 aromatic rings. The molecule has 6 heteroatoms. The number of fused-ring (bicyclic) bond motifs is 1. The molecule has 1 aromatic carbocycles. The highest BCUT2D eigenvalue weighted by molar-refractivity contribution is 6.05. The minimum absolute atomic E-state index is 0.155. The molecular weight excluding hydrogens is 326 g/mol. The van der Waals surface area contributed by atoms with Gasteiger partial charge in [0.1, 0.15) is 0 Å². The zero-order chi connectivity index (χ0) is 18.1. The average Bonchev–Trinajstić information content (AvgIpc) is 3.00. The molecule has 0 saturated carbocycles. The second-order valence-electron chi connectivity index (χ2n) is 6.93. The number of nitrogens with zero attached hydrogens (tertiary/aromatic N) is 3. The van der Waals surface area contributed by atoms with Crippen molar-refractivity contribution in [3.63, 3.8) is 0 Å². The van der Waals surface area contributed by atoms with Gasteiger partial charge in [0.05, 0.1) is 17.3 Å². The second kappa shape index (κ2) is 6.88. The summed E-state index contributed by atoms with van der Waals surface area (Å²) in [6.07, 6.45) is 3.74. The lowest BCUT2D eigenvalue weighted by molar-refractivity contribution is 0.102. The van der Waals surface area contributed by atoms with Crippen LogP contribution in [0.15, 0.2) is 36.5 Å². The fourth-order valence-corrected chi connectivity index (χ4v) is 3.44. The van der Waals surface area contributed by atoms with Gasteiger partial charge in [0.15, 0.2) is 5.65 Å². The van der Waals surface area contributed by atoms with Crippen LogP contribution in [0.2, 0.25) is 0 Å². The van der Waals surface area contributed by atoms with Gasteiger partial charge >= 0.3 is 0 Å². The number of hydrogen-bond donors (Lipinski definition) is 2. The highest BCUT2D eigenvalue weighted by Crippen LogP contribution is 2.25. The van der Waals surface area contributed by atoms with Crippen LogP contribution in [-0.2, 0) is 0 Å². The van der Waals surface area contributed by atoms with Gasteiger partial charge in [0.2, 0.25) is 0 Å². The van der Waals surface area contributed by atoms with E-state index in [1.54, 1.807) is 6.20 Å². The molecule has 1 fully saturated rings. The number of pyridine rings is 1. The molecular formula is C20H23N5O. The van der Waals surface area contributed by atoms with Crippen LogP contribution in [0.4, 0.5) is 5.69 Å². The van der Waals surface area contributed by atoms with E-state index in [0.717, 1.165) is 53.9 Å². The molecule has 3 heterocycles. The number of carbonyl (C=O) groups excluding carboxylic acids is 1. The summed E-state index contributed by atoms with van der Waals surface area (Å²) in [5.74, 6) is -0.155. The first-order valence-electron chi connectivity index (χ1n) is 9.05. The molecule has 0 spiro atoms. The molecule has 1 aliphatic rings. The van der Waals surface area contributed by atoms with E-state index in [1.807, 2.05) is 48.9 Å². The van der Waals surface area contributed by atoms with Gasteiger partial charge in [0.25, 0.3) is 5.91 Å². The Balaban J connectivity index is 1.62. The van der Waals surface area contributed by atoms with E-state index in [1.165, 1.54) is 0 Å². The molecule has 26 heavy (non-hydrogen) atoms. The number of aryl methyl sites for hydroxylation is 2. The standard InChI is InChI=1S/C20H23N5O/c1-13-3-5-16(6-4-13)23-20(26)15-11-18-14(2)24-25(19(18)22-12-15)17-7-9-21-10-8-17/h3-6,11-12,17,21H,7-10H2,1-2H3,(H,23,26). The lowest BCUT2D eigenvalue weighted by Gasteiger charge is -2.23. The van der Waals surface area contributed by atoms with Gasteiger partial charge in [-0.1, -0.05) is 17.7 Å². The Morgan fingerprint density at radius 3 is 2.65 bits per heavy atom. The zero-order valence-corrected chi connectivity index (χ0v) is 15.1. The quantitative estimate of drug-likeness (QED) is 0.761. The van der Waals surface area contributed by atoms with Crippen molar-refractivity contribution >= 4 is 22.6 Å². The third-order valence-electron chi connectivity index (χ3n) is 4.96. The van der Waals surface area contributed by atoms with E-state index >= 15 is 0 Å². The summed E-state index contributed by atoms with van der Waals surface area (Å²) in [6, 6.07) is 10.0. The topological polar surface area (TPSA) is 71.8 Å². The summed E-state index contributed by atoms with van der Waals surface area (Å²) in [4.78, 5) is 17.1. The first-order chi connectivity index (χ1) is 12.6. The first-order valence-corrected chi connectivity index (χ1v) is 9.05. The molecule has 0 atom stereocenters. The Hall–Kier alpha value is -2.73. The number of amides is 1. The predicted octanol–water partition coefficient (Wildman–Crippen LogP) is 3.22. The van der Waals surface area contributed by atoms with Gasteiger partial charge in [-0.2, -0.15) is 5.10 Å². The van der Waals surface area contributed by atoms with Crippen LogP contribution < -0.4 is 10.6 Å². The maximum atomic E-state index is 12.6. The zero-order valence-electron chi connectivity index (χ0n) is 15.1. The molecule has 1 amide bonds. The molecule has 0 bridgehead atoms. The van der Waals surface area contributed by atoms with Gasteiger partial charge in [0, 0.05) is 17.3 Å². The molecule has 6 nitrogen and oxygen atoms in total. The van der Waals surface area contributed by atoms with Crippen LogP contribution >= 0.6 is 0 Å². The normalized spacial score (nSPS) is 15.3. The Bertz CT molecular complexity index is 939. The van der Waals surface area contributed by atoms with Gasteiger partial charge in [-0.3, -0.25) is 4.79 Å². The summed E-state index contributed by atoms with van der Waals surface area (Å²) >= 11 is 0. The lowest BCUT2D eigenvalue weighted by Crippen LogP contribution is -2.30. The maximum Gasteiger partial charge on any atom is 0.257 e. The maximum absolute atomic E-state index is 12.6. The van der Waals surface area contributed by atoms with Crippen LogP contribution in [0.5, 0.6) is 0 Å². The summed E-state index contributed by atoms with van der Waals surface area (Å²) in [6.45, 7) is 6.00. The van der Waals surface area contributed by atoms with Crippen LogP contribution in [0.25, 0.3) is 11.0 Å². The smallest absolute Gasteiger partial charge is 0.257 e. The van der Waals surface area contributed by atoms with Gasteiger partial charge in [-0.25, -0.2) is 9.67 Å². The molecule has 2 N–H and O–H groups in total. The molecule has 0 unspecified atom stereocenters. The molecule has 0 radical (unpaired) electrons. The van der Waals surface area contributed by atoms with E-state index in [9.17, 15) is 4.79 Å². The van der Waals surface area contributed by atoms with Crippen molar-refractivity contribution in [1.82, 2.24) is 20.1 Å². The van der Waals surface area contributed by atoms with Crippen molar-refractivity contribution in [3.8, 4) is 0 Å². The van der Waals surface area contributed by atoms with Crippen LogP contribution in [-0.4, -0.2) is 33.8 Å². The molecule has 2 aromatic heterocycles. The minimum Gasteiger partial charge on any atom is -0.322 e. The van der Waals surface area contributed by atoms with Gasteiger partial charge < -0.3 is 10.6 Å². The Kier molecular flexibility index (Phi) is 4.42. The van der Waals surface area contributed by atoms with Crippen molar-refractivity contribution in [3.05, 3.63) is 53.3 Å². The summed E-state index contributed by atoms with van der Waals surface area (Å²) in [5, 5.41) is 11.9. The van der Waals surface area contributed by atoms with Crippen molar-refractivity contribution in [1.29, 1.82) is 0 Å². The molecule has 1 saturated heterocycles. The minimum atomic E-state index is -0.155. The van der Waals surface area contributed by atoms with E-state index in [-0.39, 0.29) is 5.91 Å². The van der Waals surface area contributed by atoms with E-state index < -0.39 is 0 Å². The van der Waals surface area contributed by atoms with E-state index in [2.05, 4.69) is 15.6 Å². The first kappa shape index (κ1) is 16.7. The highest BCUT2D eigenvalue weighted by atomic mass is 16.1. The lowest BCUT2D eigenvalue weighted by atomic mass is 10.1. The fourth-order valence-electron chi connectivity index (χ4n) is 3.44. The van der Waals surface area contributed by atoms with Crippen molar-refractivity contribution in [2.75, 3.05) is 18.4 Å². The molecule has 134 valence electrons. The fraction of sp³-hybridized carbons (Fsp3) is 0.350. The summed E-state index contributed by atoms with van der Waals surface area (Å²) in [5.41, 5.74) is 4.26. The number of hydrogen-bond acceptors (Lipinski definition) is 4. The third-order valence-corrected chi connectivity index (χ3v) is 4.96.